The number of thiazole rings is 1. The predicted molar refractivity (Wildman–Crippen MR) is 74.5 cm³/mol. The second-order valence-corrected chi connectivity index (χ2v) is 5.60. The second kappa shape index (κ2) is 5.49. The van der Waals surface area contributed by atoms with E-state index in [1.54, 1.807) is 30.8 Å². The quantitative estimate of drug-likeness (QED) is 0.695. The highest BCUT2D eigenvalue weighted by molar-refractivity contribution is 9.10. The number of aromatic nitrogens is 1. The summed E-state index contributed by atoms with van der Waals surface area (Å²) in [6, 6.07) is 3.47. The molecule has 1 aromatic carbocycles. The van der Waals surface area contributed by atoms with Crippen molar-refractivity contribution in [3.63, 3.8) is 0 Å². The molecule has 0 saturated carbocycles. The maximum Gasteiger partial charge on any atom is 0.338 e. The highest BCUT2D eigenvalue weighted by Gasteiger charge is 2.14. The lowest BCUT2D eigenvalue weighted by molar-refractivity contribution is 0.0475. The number of carbonyl (C=O) groups excluding carboxylic acids is 1. The van der Waals surface area contributed by atoms with Crippen molar-refractivity contribution < 1.29 is 9.53 Å². The van der Waals surface area contributed by atoms with E-state index >= 15 is 0 Å². The van der Waals surface area contributed by atoms with Crippen molar-refractivity contribution >= 4 is 38.9 Å². The molecule has 18 heavy (non-hydrogen) atoms. The van der Waals surface area contributed by atoms with E-state index < -0.39 is 0 Å². The molecular weight excluding hydrogens is 316 g/mol. The number of carbonyl (C=O) groups is 1. The Morgan fingerprint density at radius 3 is 3.00 bits per heavy atom. The van der Waals surface area contributed by atoms with Gasteiger partial charge in [-0.05, 0) is 24.6 Å². The summed E-state index contributed by atoms with van der Waals surface area (Å²) in [6.07, 6.45) is 1.68. The van der Waals surface area contributed by atoms with Gasteiger partial charge in [0.25, 0.3) is 0 Å². The zero-order valence-electron chi connectivity index (χ0n) is 9.64. The van der Waals surface area contributed by atoms with Crippen LogP contribution in [-0.2, 0) is 11.3 Å². The lowest BCUT2D eigenvalue weighted by Gasteiger charge is -2.09. The minimum Gasteiger partial charge on any atom is -0.456 e. The SMILES string of the molecule is Cc1c(N)cc(Br)cc1C(=O)OCc1cncs1. The molecular formula is C12H11BrN2O2S. The highest BCUT2D eigenvalue weighted by Crippen LogP contribution is 2.23. The summed E-state index contributed by atoms with van der Waals surface area (Å²) in [4.78, 5) is 16.8. The average molecular weight is 327 g/mol. The Balaban J connectivity index is 2.14. The molecule has 2 rings (SSSR count). The number of halogens is 1. The summed E-state index contributed by atoms with van der Waals surface area (Å²) >= 11 is 4.76. The fourth-order valence-electron chi connectivity index (χ4n) is 1.44. The van der Waals surface area contributed by atoms with Gasteiger partial charge in [-0.3, -0.25) is 4.98 Å². The first-order chi connectivity index (χ1) is 8.58. The van der Waals surface area contributed by atoms with Crippen LogP contribution in [0.15, 0.2) is 28.3 Å². The topological polar surface area (TPSA) is 65.2 Å². The van der Waals surface area contributed by atoms with Gasteiger partial charge in [-0.25, -0.2) is 4.79 Å². The summed E-state index contributed by atoms with van der Waals surface area (Å²) < 4.78 is 5.98. The van der Waals surface area contributed by atoms with Crippen LogP contribution in [0.25, 0.3) is 0 Å². The normalized spacial score (nSPS) is 10.3. The van der Waals surface area contributed by atoms with E-state index in [-0.39, 0.29) is 12.6 Å². The molecule has 0 radical (unpaired) electrons. The summed E-state index contributed by atoms with van der Waals surface area (Å²) in [5.74, 6) is -0.381. The molecule has 0 aliphatic heterocycles. The van der Waals surface area contributed by atoms with Crippen LogP contribution in [0.4, 0.5) is 5.69 Å². The number of hydrogen-bond donors (Lipinski definition) is 1. The molecule has 0 bridgehead atoms. The fourth-order valence-corrected chi connectivity index (χ4v) is 2.42. The molecule has 0 fully saturated rings. The summed E-state index contributed by atoms with van der Waals surface area (Å²) in [7, 11) is 0. The summed E-state index contributed by atoms with van der Waals surface area (Å²) in [5.41, 5.74) is 9.28. The molecule has 0 unspecified atom stereocenters. The van der Waals surface area contributed by atoms with E-state index in [0.29, 0.717) is 11.3 Å². The van der Waals surface area contributed by atoms with Crippen molar-refractivity contribution in [3.05, 3.63) is 44.3 Å². The Morgan fingerprint density at radius 1 is 1.56 bits per heavy atom. The first-order valence-electron chi connectivity index (χ1n) is 5.18. The smallest absolute Gasteiger partial charge is 0.338 e. The largest absolute Gasteiger partial charge is 0.456 e. The molecule has 1 aromatic heterocycles. The maximum atomic E-state index is 12.0. The Hall–Kier alpha value is -1.40. The molecule has 0 atom stereocenters. The average Bonchev–Trinajstić information content (AvgIpc) is 2.83. The van der Waals surface area contributed by atoms with Gasteiger partial charge in [0, 0.05) is 16.4 Å². The third-order valence-corrected chi connectivity index (χ3v) is 3.67. The van der Waals surface area contributed by atoms with Crippen LogP contribution >= 0.6 is 27.3 Å². The van der Waals surface area contributed by atoms with Crippen LogP contribution in [0.3, 0.4) is 0 Å². The standard InChI is InChI=1S/C12H11BrN2O2S/c1-7-10(2-8(13)3-11(7)14)12(16)17-5-9-4-15-6-18-9/h2-4,6H,5,14H2,1H3. The lowest BCUT2D eigenvalue weighted by Crippen LogP contribution is -2.08. The molecule has 2 N–H and O–H groups in total. The van der Waals surface area contributed by atoms with Crippen LogP contribution in [0.2, 0.25) is 0 Å². The predicted octanol–water partition coefficient (Wildman–Crippen LogP) is 3.15. The van der Waals surface area contributed by atoms with Crippen molar-refractivity contribution in [2.24, 2.45) is 0 Å². The number of esters is 1. The van der Waals surface area contributed by atoms with E-state index in [0.717, 1.165) is 14.9 Å². The Morgan fingerprint density at radius 2 is 2.33 bits per heavy atom. The second-order valence-electron chi connectivity index (χ2n) is 3.71. The number of benzene rings is 1. The Kier molecular flexibility index (Phi) is 3.98. The van der Waals surface area contributed by atoms with Gasteiger partial charge in [0.2, 0.25) is 0 Å². The number of nitrogen functional groups attached to an aromatic ring is 1. The van der Waals surface area contributed by atoms with E-state index in [1.165, 1.54) is 11.3 Å². The van der Waals surface area contributed by atoms with Crippen LogP contribution < -0.4 is 5.73 Å². The number of hydrogen-bond acceptors (Lipinski definition) is 5. The van der Waals surface area contributed by atoms with Crippen LogP contribution in [0.5, 0.6) is 0 Å². The van der Waals surface area contributed by atoms with Gasteiger partial charge >= 0.3 is 5.97 Å². The monoisotopic (exact) mass is 326 g/mol. The van der Waals surface area contributed by atoms with Gasteiger partial charge in [0.1, 0.15) is 6.61 Å². The van der Waals surface area contributed by atoms with Crippen LogP contribution in [-0.4, -0.2) is 11.0 Å². The van der Waals surface area contributed by atoms with E-state index in [9.17, 15) is 4.79 Å². The minimum absolute atomic E-state index is 0.232. The van der Waals surface area contributed by atoms with Gasteiger partial charge in [0.05, 0.1) is 16.0 Å². The molecule has 1 heterocycles. The maximum absolute atomic E-state index is 12.0. The van der Waals surface area contributed by atoms with Gasteiger partial charge in [-0.15, -0.1) is 11.3 Å². The molecule has 0 spiro atoms. The van der Waals surface area contributed by atoms with Crippen molar-refractivity contribution in [2.45, 2.75) is 13.5 Å². The first kappa shape index (κ1) is 13.0. The number of anilines is 1. The number of rotatable bonds is 3. The molecule has 0 aliphatic carbocycles. The molecule has 0 amide bonds. The summed E-state index contributed by atoms with van der Waals surface area (Å²) in [5, 5.41) is 0. The highest BCUT2D eigenvalue weighted by atomic mass is 79.9. The van der Waals surface area contributed by atoms with Gasteiger partial charge < -0.3 is 10.5 Å². The molecule has 4 nitrogen and oxygen atoms in total. The van der Waals surface area contributed by atoms with E-state index in [1.807, 2.05) is 0 Å². The van der Waals surface area contributed by atoms with Gasteiger partial charge in [-0.1, -0.05) is 15.9 Å². The van der Waals surface area contributed by atoms with Crippen molar-refractivity contribution in [3.8, 4) is 0 Å². The lowest BCUT2D eigenvalue weighted by atomic mass is 10.1. The number of ether oxygens (including phenoxy) is 1. The molecule has 94 valence electrons. The first-order valence-corrected chi connectivity index (χ1v) is 6.85. The van der Waals surface area contributed by atoms with E-state index in [2.05, 4.69) is 20.9 Å². The van der Waals surface area contributed by atoms with Gasteiger partial charge in [-0.2, -0.15) is 0 Å². The number of nitrogens with two attached hydrogens (primary N) is 1. The third-order valence-electron chi connectivity index (χ3n) is 2.46. The number of nitrogens with zero attached hydrogens (tertiary/aromatic N) is 1. The van der Waals surface area contributed by atoms with Crippen molar-refractivity contribution in [2.75, 3.05) is 5.73 Å². The molecule has 2 aromatic rings. The Labute approximate surface area is 117 Å². The van der Waals surface area contributed by atoms with Gasteiger partial charge in [0.15, 0.2) is 0 Å². The van der Waals surface area contributed by atoms with Crippen LogP contribution in [0, 0.1) is 6.92 Å². The minimum atomic E-state index is -0.381. The zero-order chi connectivity index (χ0) is 13.1. The van der Waals surface area contributed by atoms with E-state index in [4.69, 9.17) is 10.5 Å². The van der Waals surface area contributed by atoms with Crippen LogP contribution in [0.1, 0.15) is 20.8 Å². The molecule has 0 aliphatic rings. The molecule has 6 heteroatoms. The summed E-state index contributed by atoms with van der Waals surface area (Å²) in [6.45, 7) is 2.03. The van der Waals surface area contributed by atoms with Crippen molar-refractivity contribution in [1.82, 2.24) is 4.98 Å². The van der Waals surface area contributed by atoms with Crippen molar-refractivity contribution in [1.29, 1.82) is 0 Å². The third kappa shape index (κ3) is 2.88. The molecule has 0 saturated heterocycles. The zero-order valence-corrected chi connectivity index (χ0v) is 12.0. The Bertz CT molecular complexity index is 570. The fraction of sp³-hybridized carbons (Fsp3) is 0.167.